The van der Waals surface area contributed by atoms with Crippen molar-refractivity contribution in [1.29, 1.82) is 0 Å². The van der Waals surface area contributed by atoms with Gasteiger partial charge in [0.05, 0.1) is 16.8 Å². The molecule has 0 spiro atoms. The number of hydrogen-bond acceptors (Lipinski definition) is 4. The first-order valence-electron chi connectivity index (χ1n) is 6.51. The molecule has 1 N–H and O–H groups in total. The zero-order valence-electron chi connectivity index (χ0n) is 11.3. The molecule has 0 bridgehead atoms. The van der Waals surface area contributed by atoms with Crippen molar-refractivity contribution in [2.75, 3.05) is 17.2 Å². The lowest BCUT2D eigenvalue weighted by atomic mass is 10.1. The predicted molar refractivity (Wildman–Crippen MR) is 76.2 cm³/mol. The zero-order chi connectivity index (χ0) is 15.2. The minimum atomic E-state index is -4.58. The SMILES string of the molecule is Cc1cccc2[nH]c(N3CC(CS(=O)(=O)F)CC3=O)nc12. The molecule has 21 heavy (non-hydrogen) atoms. The fourth-order valence-electron chi connectivity index (χ4n) is 2.67. The van der Waals surface area contributed by atoms with Gasteiger partial charge < -0.3 is 4.98 Å². The van der Waals surface area contributed by atoms with Crippen molar-refractivity contribution in [2.24, 2.45) is 5.92 Å². The van der Waals surface area contributed by atoms with Gasteiger partial charge in [-0.2, -0.15) is 8.42 Å². The maximum absolute atomic E-state index is 12.7. The smallest absolute Gasteiger partial charge is 0.302 e. The van der Waals surface area contributed by atoms with Crippen molar-refractivity contribution >= 4 is 33.1 Å². The third kappa shape index (κ3) is 2.76. The molecule has 112 valence electrons. The van der Waals surface area contributed by atoms with Crippen LogP contribution in [-0.4, -0.2) is 36.6 Å². The third-order valence-electron chi connectivity index (χ3n) is 3.60. The van der Waals surface area contributed by atoms with E-state index in [0.29, 0.717) is 5.95 Å². The van der Waals surface area contributed by atoms with E-state index in [9.17, 15) is 17.1 Å². The summed E-state index contributed by atoms with van der Waals surface area (Å²) in [6, 6.07) is 5.64. The molecule has 0 aliphatic carbocycles. The number of imidazole rings is 1. The van der Waals surface area contributed by atoms with E-state index >= 15 is 0 Å². The maximum atomic E-state index is 12.7. The molecule has 1 aliphatic heterocycles. The molecule has 1 amide bonds. The van der Waals surface area contributed by atoms with Crippen LogP contribution in [0.4, 0.5) is 9.83 Å². The Hall–Kier alpha value is -1.96. The number of para-hydroxylation sites is 1. The highest BCUT2D eigenvalue weighted by molar-refractivity contribution is 7.86. The zero-order valence-corrected chi connectivity index (χ0v) is 12.2. The molecule has 8 heteroatoms. The number of aromatic amines is 1. The van der Waals surface area contributed by atoms with E-state index in [1.165, 1.54) is 4.90 Å². The van der Waals surface area contributed by atoms with Gasteiger partial charge in [-0.3, -0.25) is 9.69 Å². The van der Waals surface area contributed by atoms with Crippen molar-refractivity contribution in [2.45, 2.75) is 13.3 Å². The summed E-state index contributed by atoms with van der Waals surface area (Å²) in [6.45, 7) is 2.07. The number of benzene rings is 1. The molecule has 2 heterocycles. The second-order valence-electron chi connectivity index (χ2n) is 5.31. The highest BCUT2D eigenvalue weighted by Crippen LogP contribution is 2.27. The molecule has 3 rings (SSSR count). The van der Waals surface area contributed by atoms with Gasteiger partial charge in [-0.25, -0.2) is 4.98 Å². The van der Waals surface area contributed by atoms with Crippen molar-refractivity contribution < 1.29 is 17.1 Å². The summed E-state index contributed by atoms with van der Waals surface area (Å²) in [5, 5.41) is 0. The van der Waals surface area contributed by atoms with Crippen molar-refractivity contribution in [3.05, 3.63) is 23.8 Å². The molecule has 1 atom stereocenters. The predicted octanol–water partition coefficient (Wildman–Crippen LogP) is 1.52. The lowest BCUT2D eigenvalue weighted by Gasteiger charge is -2.12. The first kappa shape index (κ1) is 14.0. The first-order valence-corrected chi connectivity index (χ1v) is 8.07. The Morgan fingerprint density at radius 2 is 2.24 bits per heavy atom. The highest BCUT2D eigenvalue weighted by Gasteiger charge is 2.35. The Morgan fingerprint density at radius 3 is 2.90 bits per heavy atom. The van der Waals surface area contributed by atoms with Crippen LogP contribution in [0, 0.1) is 12.8 Å². The summed E-state index contributed by atoms with van der Waals surface area (Å²) in [4.78, 5) is 20.8. The Balaban J connectivity index is 1.89. The topological polar surface area (TPSA) is 83.1 Å². The lowest BCUT2D eigenvalue weighted by Crippen LogP contribution is -2.26. The molecule has 1 aromatic carbocycles. The second kappa shape index (κ2) is 4.80. The van der Waals surface area contributed by atoms with Crippen LogP contribution >= 0.6 is 0 Å². The molecular weight excluding hydrogens is 297 g/mol. The van der Waals surface area contributed by atoms with Crippen molar-refractivity contribution in [3.8, 4) is 0 Å². The molecule has 0 saturated carbocycles. The second-order valence-corrected chi connectivity index (χ2v) is 6.72. The number of aromatic nitrogens is 2. The number of nitrogens with zero attached hydrogens (tertiary/aromatic N) is 2. The van der Waals surface area contributed by atoms with Crippen molar-refractivity contribution in [3.63, 3.8) is 0 Å². The van der Waals surface area contributed by atoms with Crippen LogP contribution in [0.25, 0.3) is 11.0 Å². The Kier molecular flexibility index (Phi) is 3.20. The Bertz CT molecular complexity index is 815. The number of halogens is 1. The summed E-state index contributed by atoms with van der Waals surface area (Å²) in [7, 11) is -4.58. The number of nitrogens with one attached hydrogen (secondary N) is 1. The van der Waals surface area contributed by atoms with E-state index in [0.717, 1.165) is 16.6 Å². The van der Waals surface area contributed by atoms with Crippen LogP contribution in [0.2, 0.25) is 0 Å². The standard InChI is InChI=1S/C13H14FN3O3S/c1-8-3-2-4-10-12(8)16-13(15-10)17-6-9(5-11(17)18)7-21(14,19)20/h2-4,9H,5-7H2,1H3,(H,15,16). The van der Waals surface area contributed by atoms with E-state index in [4.69, 9.17) is 0 Å². The minimum absolute atomic E-state index is 0.0131. The molecule has 1 fully saturated rings. The van der Waals surface area contributed by atoms with Crippen LogP contribution in [0.1, 0.15) is 12.0 Å². The summed E-state index contributed by atoms with van der Waals surface area (Å²) in [5.41, 5.74) is 2.55. The average Bonchev–Trinajstić information content (AvgIpc) is 2.91. The molecule has 6 nitrogen and oxygen atoms in total. The van der Waals surface area contributed by atoms with Crippen LogP contribution in [0.15, 0.2) is 18.2 Å². The normalized spacial score (nSPS) is 19.6. The Morgan fingerprint density at radius 1 is 1.48 bits per heavy atom. The highest BCUT2D eigenvalue weighted by atomic mass is 32.3. The first-order chi connectivity index (χ1) is 9.83. The summed E-state index contributed by atoms with van der Waals surface area (Å²) >= 11 is 0. The number of hydrogen-bond donors (Lipinski definition) is 1. The molecule has 1 aliphatic rings. The van der Waals surface area contributed by atoms with Gasteiger partial charge in [0.1, 0.15) is 0 Å². The van der Waals surface area contributed by atoms with Gasteiger partial charge in [-0.1, -0.05) is 12.1 Å². The van der Waals surface area contributed by atoms with E-state index in [2.05, 4.69) is 9.97 Å². The number of carbonyl (C=O) groups excluding carboxylic acids is 1. The summed E-state index contributed by atoms with van der Waals surface area (Å²) < 4.78 is 34.1. The third-order valence-corrected chi connectivity index (χ3v) is 4.47. The monoisotopic (exact) mass is 311 g/mol. The number of fused-ring (bicyclic) bond motifs is 1. The molecule has 1 saturated heterocycles. The van der Waals surface area contributed by atoms with E-state index < -0.39 is 21.9 Å². The van der Waals surface area contributed by atoms with Crippen LogP contribution < -0.4 is 4.90 Å². The lowest BCUT2D eigenvalue weighted by molar-refractivity contribution is -0.117. The quantitative estimate of drug-likeness (QED) is 0.871. The number of rotatable bonds is 3. The molecule has 2 aromatic rings. The van der Waals surface area contributed by atoms with Gasteiger partial charge >= 0.3 is 10.2 Å². The number of H-pyrrole nitrogens is 1. The molecular formula is C13H14FN3O3S. The summed E-state index contributed by atoms with van der Waals surface area (Å²) in [6.07, 6.45) is 0.0131. The fourth-order valence-corrected chi connectivity index (χ4v) is 3.46. The molecule has 1 unspecified atom stereocenters. The Labute approximate surface area is 121 Å². The number of aryl methyl sites for hydroxylation is 1. The molecule has 0 radical (unpaired) electrons. The van der Waals surface area contributed by atoms with Crippen LogP contribution in [-0.2, 0) is 15.0 Å². The van der Waals surface area contributed by atoms with Crippen LogP contribution in [0.3, 0.4) is 0 Å². The van der Waals surface area contributed by atoms with Crippen molar-refractivity contribution in [1.82, 2.24) is 9.97 Å². The van der Waals surface area contributed by atoms with Gasteiger partial charge in [0.2, 0.25) is 11.9 Å². The van der Waals surface area contributed by atoms with Gasteiger partial charge in [-0.05, 0) is 18.6 Å². The van der Waals surface area contributed by atoms with E-state index in [1.54, 1.807) is 0 Å². The number of anilines is 1. The number of carbonyl (C=O) groups is 1. The summed E-state index contributed by atoms with van der Waals surface area (Å²) in [5.74, 6) is -1.04. The molecule has 1 aromatic heterocycles. The van der Waals surface area contributed by atoms with E-state index in [1.807, 2.05) is 25.1 Å². The largest absolute Gasteiger partial charge is 0.324 e. The van der Waals surface area contributed by atoms with Gasteiger partial charge in [0.25, 0.3) is 0 Å². The van der Waals surface area contributed by atoms with E-state index in [-0.39, 0.29) is 18.9 Å². The van der Waals surface area contributed by atoms with Crippen LogP contribution in [0.5, 0.6) is 0 Å². The maximum Gasteiger partial charge on any atom is 0.302 e. The van der Waals surface area contributed by atoms with Gasteiger partial charge in [0.15, 0.2) is 0 Å². The average molecular weight is 311 g/mol. The van der Waals surface area contributed by atoms with Gasteiger partial charge in [-0.15, -0.1) is 3.89 Å². The van der Waals surface area contributed by atoms with Gasteiger partial charge in [0, 0.05) is 18.9 Å². The fraction of sp³-hybridized carbons (Fsp3) is 0.385. The number of amides is 1. The minimum Gasteiger partial charge on any atom is -0.324 e.